The molecular weight excluding hydrogens is 405 g/mol. The third-order valence-electron chi connectivity index (χ3n) is 3.78. The summed E-state index contributed by atoms with van der Waals surface area (Å²) in [6, 6.07) is 9.59. The Bertz CT molecular complexity index is 988. The van der Waals surface area contributed by atoms with Crippen LogP contribution in [0, 0.1) is 20.8 Å². The summed E-state index contributed by atoms with van der Waals surface area (Å²) in [6.07, 6.45) is 0. The van der Waals surface area contributed by atoms with Crippen molar-refractivity contribution in [3.63, 3.8) is 0 Å². The van der Waals surface area contributed by atoms with E-state index in [0.29, 0.717) is 26.7 Å². The third kappa shape index (κ3) is 4.61. The van der Waals surface area contributed by atoms with Gasteiger partial charge in [0.05, 0.1) is 21.5 Å². The lowest BCUT2D eigenvalue weighted by Gasteiger charge is -2.10. The molecule has 0 bridgehead atoms. The first-order valence-electron chi connectivity index (χ1n) is 8.09. The van der Waals surface area contributed by atoms with Crippen LogP contribution < -0.4 is 5.32 Å². The summed E-state index contributed by atoms with van der Waals surface area (Å²) < 4.78 is 1.91. The molecule has 0 aliphatic carbocycles. The third-order valence-corrected chi connectivity index (χ3v) is 5.38. The number of aryl methyl sites for hydroxylation is 3. The second-order valence-corrected chi connectivity index (χ2v) is 7.68. The van der Waals surface area contributed by atoms with Crippen molar-refractivity contribution in [2.24, 2.45) is 0 Å². The largest absolute Gasteiger partial charge is 0.309 e. The summed E-state index contributed by atoms with van der Waals surface area (Å²) in [5.74, 6) is 0.941. The van der Waals surface area contributed by atoms with E-state index in [9.17, 15) is 4.79 Å². The highest BCUT2D eigenvalue weighted by Gasteiger charge is 2.15. The van der Waals surface area contributed by atoms with Crippen molar-refractivity contribution in [1.29, 1.82) is 0 Å². The zero-order valence-corrected chi connectivity index (χ0v) is 17.3. The topological polar surface area (TPSA) is 72.7 Å². The van der Waals surface area contributed by atoms with Gasteiger partial charge in [0, 0.05) is 5.69 Å². The Kier molecular flexibility index (Phi) is 6.04. The summed E-state index contributed by atoms with van der Waals surface area (Å²) >= 11 is 13.3. The smallest absolute Gasteiger partial charge is 0.236 e. The van der Waals surface area contributed by atoms with Crippen molar-refractivity contribution in [3.8, 4) is 5.69 Å². The molecule has 2 aromatic heterocycles. The van der Waals surface area contributed by atoms with Crippen LogP contribution in [0.15, 0.2) is 35.5 Å². The maximum Gasteiger partial charge on any atom is 0.236 e. The van der Waals surface area contributed by atoms with Crippen LogP contribution in [0.2, 0.25) is 10.0 Å². The molecule has 9 heteroatoms. The number of thioether (sulfide) groups is 1. The number of rotatable bonds is 5. The van der Waals surface area contributed by atoms with E-state index in [-0.39, 0.29) is 11.7 Å². The Balaban J connectivity index is 1.71. The maximum absolute atomic E-state index is 12.3. The van der Waals surface area contributed by atoms with Crippen LogP contribution in [0.4, 0.5) is 5.82 Å². The molecular formula is C18H17Cl2N5OS. The monoisotopic (exact) mass is 421 g/mol. The molecule has 0 saturated heterocycles. The van der Waals surface area contributed by atoms with Crippen molar-refractivity contribution in [3.05, 3.63) is 57.5 Å². The number of nitrogens with zero attached hydrogens (tertiary/aromatic N) is 4. The van der Waals surface area contributed by atoms with Gasteiger partial charge in [-0.3, -0.25) is 9.36 Å². The molecule has 0 radical (unpaired) electrons. The number of carbonyl (C=O) groups is 1. The highest BCUT2D eigenvalue weighted by atomic mass is 35.5. The standard InChI is InChI=1S/C18H17Cl2N5OS/c1-10-4-6-13(7-5-10)25-12(3)23-24-18(25)27-9-16(26)22-17-15(20)8-14(19)11(2)21-17/h4-8H,9H2,1-3H3,(H,21,22,26). The number of aromatic nitrogens is 4. The molecule has 0 aliphatic heterocycles. The lowest BCUT2D eigenvalue weighted by molar-refractivity contribution is -0.113. The van der Waals surface area contributed by atoms with Crippen LogP contribution in [0.25, 0.3) is 5.69 Å². The second kappa shape index (κ2) is 8.29. The molecule has 0 saturated carbocycles. The summed E-state index contributed by atoms with van der Waals surface area (Å²) in [5.41, 5.74) is 2.71. The number of pyridine rings is 1. The van der Waals surface area contributed by atoms with Gasteiger partial charge in [-0.1, -0.05) is 52.7 Å². The van der Waals surface area contributed by atoms with Crippen LogP contribution in [-0.2, 0) is 4.79 Å². The van der Waals surface area contributed by atoms with E-state index < -0.39 is 0 Å². The van der Waals surface area contributed by atoms with Crippen LogP contribution in [-0.4, -0.2) is 31.4 Å². The normalized spacial score (nSPS) is 10.9. The first-order valence-corrected chi connectivity index (χ1v) is 9.83. The van der Waals surface area contributed by atoms with Gasteiger partial charge in [-0.05, 0) is 39.0 Å². The van der Waals surface area contributed by atoms with E-state index in [1.807, 2.05) is 42.7 Å². The fourth-order valence-corrected chi connectivity index (χ4v) is 3.58. The Morgan fingerprint density at radius 1 is 1.11 bits per heavy atom. The molecule has 1 amide bonds. The predicted molar refractivity (Wildman–Crippen MR) is 109 cm³/mol. The minimum Gasteiger partial charge on any atom is -0.309 e. The molecule has 0 atom stereocenters. The lowest BCUT2D eigenvalue weighted by Crippen LogP contribution is -2.16. The number of amides is 1. The van der Waals surface area contributed by atoms with Gasteiger partial charge in [-0.2, -0.15) is 0 Å². The fourth-order valence-electron chi connectivity index (χ4n) is 2.37. The quantitative estimate of drug-likeness (QED) is 0.608. The zero-order valence-electron chi connectivity index (χ0n) is 15.0. The van der Waals surface area contributed by atoms with E-state index in [1.165, 1.54) is 17.3 Å². The van der Waals surface area contributed by atoms with E-state index in [1.54, 1.807) is 13.0 Å². The number of hydrogen-bond donors (Lipinski definition) is 1. The highest BCUT2D eigenvalue weighted by Crippen LogP contribution is 2.26. The van der Waals surface area contributed by atoms with Gasteiger partial charge < -0.3 is 5.32 Å². The van der Waals surface area contributed by atoms with Crippen molar-refractivity contribution < 1.29 is 4.79 Å². The van der Waals surface area contributed by atoms with Crippen molar-refractivity contribution in [2.75, 3.05) is 11.1 Å². The lowest BCUT2D eigenvalue weighted by atomic mass is 10.2. The van der Waals surface area contributed by atoms with Crippen LogP contribution in [0.5, 0.6) is 0 Å². The molecule has 1 N–H and O–H groups in total. The molecule has 3 aromatic rings. The summed E-state index contributed by atoms with van der Waals surface area (Å²) in [4.78, 5) is 16.5. The fraction of sp³-hybridized carbons (Fsp3) is 0.222. The second-order valence-electron chi connectivity index (χ2n) is 5.92. The highest BCUT2D eigenvalue weighted by molar-refractivity contribution is 7.99. The van der Waals surface area contributed by atoms with Crippen molar-refractivity contribution >= 4 is 46.7 Å². The Morgan fingerprint density at radius 2 is 1.81 bits per heavy atom. The molecule has 1 aromatic carbocycles. The first-order chi connectivity index (χ1) is 12.8. The van der Waals surface area contributed by atoms with Gasteiger partial charge in [0.2, 0.25) is 5.91 Å². The van der Waals surface area contributed by atoms with Gasteiger partial charge in [-0.15, -0.1) is 10.2 Å². The molecule has 2 heterocycles. The molecule has 0 fully saturated rings. The van der Waals surface area contributed by atoms with E-state index >= 15 is 0 Å². The minimum absolute atomic E-state index is 0.143. The average Bonchev–Trinajstić information content (AvgIpc) is 2.99. The Hall–Kier alpha value is -2.09. The summed E-state index contributed by atoms with van der Waals surface area (Å²) in [5, 5.41) is 12.4. The van der Waals surface area contributed by atoms with E-state index in [0.717, 1.165) is 11.5 Å². The van der Waals surface area contributed by atoms with Gasteiger partial charge in [-0.25, -0.2) is 4.98 Å². The number of carbonyl (C=O) groups excluding carboxylic acids is 1. The summed E-state index contributed by atoms with van der Waals surface area (Å²) in [7, 11) is 0. The van der Waals surface area contributed by atoms with Gasteiger partial charge in [0.1, 0.15) is 5.82 Å². The zero-order chi connectivity index (χ0) is 19.6. The molecule has 0 unspecified atom stereocenters. The van der Waals surface area contributed by atoms with Crippen LogP contribution in [0.3, 0.4) is 0 Å². The van der Waals surface area contributed by atoms with Gasteiger partial charge >= 0.3 is 0 Å². The van der Waals surface area contributed by atoms with Gasteiger partial charge in [0.25, 0.3) is 0 Å². The van der Waals surface area contributed by atoms with E-state index in [2.05, 4.69) is 20.5 Å². The van der Waals surface area contributed by atoms with Crippen molar-refractivity contribution in [1.82, 2.24) is 19.7 Å². The minimum atomic E-state index is -0.243. The molecule has 27 heavy (non-hydrogen) atoms. The summed E-state index contributed by atoms with van der Waals surface area (Å²) in [6.45, 7) is 5.65. The number of nitrogens with one attached hydrogen (secondary N) is 1. The molecule has 0 aliphatic rings. The van der Waals surface area contributed by atoms with E-state index in [4.69, 9.17) is 23.2 Å². The molecule has 0 spiro atoms. The Morgan fingerprint density at radius 3 is 2.52 bits per heavy atom. The maximum atomic E-state index is 12.3. The Labute approximate surface area is 171 Å². The predicted octanol–water partition coefficient (Wildman–Crippen LogP) is 4.63. The SMILES string of the molecule is Cc1ccc(-n2c(C)nnc2SCC(=O)Nc2nc(C)c(Cl)cc2Cl)cc1. The van der Waals surface area contributed by atoms with Crippen LogP contribution >= 0.6 is 35.0 Å². The number of halogens is 2. The average molecular weight is 422 g/mol. The van der Waals surface area contributed by atoms with Crippen LogP contribution in [0.1, 0.15) is 17.1 Å². The number of hydrogen-bond acceptors (Lipinski definition) is 5. The molecule has 6 nitrogen and oxygen atoms in total. The number of benzene rings is 1. The molecule has 3 rings (SSSR count). The molecule has 140 valence electrons. The van der Waals surface area contributed by atoms with Gasteiger partial charge in [0.15, 0.2) is 11.0 Å². The van der Waals surface area contributed by atoms with Crippen molar-refractivity contribution in [2.45, 2.75) is 25.9 Å². The first kappa shape index (κ1) is 19.7. The number of anilines is 1.